The number of rotatable bonds is 8. The summed E-state index contributed by atoms with van der Waals surface area (Å²) in [6.07, 6.45) is 5.91. The van der Waals surface area contributed by atoms with E-state index in [0.717, 1.165) is 30.0 Å². The van der Waals surface area contributed by atoms with E-state index in [1.807, 2.05) is 24.3 Å². The van der Waals surface area contributed by atoms with Gasteiger partial charge in [-0.15, -0.1) is 0 Å². The van der Waals surface area contributed by atoms with E-state index in [-0.39, 0.29) is 12.7 Å². The first-order valence-corrected chi connectivity index (χ1v) is 10.2. The van der Waals surface area contributed by atoms with Gasteiger partial charge in [0.15, 0.2) is 11.5 Å². The van der Waals surface area contributed by atoms with E-state index in [1.165, 1.54) is 31.2 Å². The summed E-state index contributed by atoms with van der Waals surface area (Å²) in [7, 11) is 0. The second-order valence-electron chi connectivity index (χ2n) is 7.61. The second-order valence-corrected chi connectivity index (χ2v) is 7.61. The van der Waals surface area contributed by atoms with Gasteiger partial charge in [-0.25, -0.2) is 0 Å². The lowest BCUT2D eigenvalue weighted by molar-refractivity contribution is -0.123. The Morgan fingerprint density at radius 1 is 1.00 bits per heavy atom. The number of hydrogen-bond donors (Lipinski definition) is 1. The number of ether oxygens (including phenoxy) is 2. The lowest BCUT2D eigenvalue weighted by atomic mass is 10.1. The van der Waals surface area contributed by atoms with Crippen LogP contribution in [0.2, 0.25) is 0 Å². The van der Waals surface area contributed by atoms with Crippen LogP contribution >= 0.6 is 0 Å². The molecule has 2 aromatic carbocycles. The molecule has 2 aromatic rings. The molecule has 4 rings (SSSR count). The summed E-state index contributed by atoms with van der Waals surface area (Å²) in [4.78, 5) is 15.0. The molecule has 148 valence electrons. The molecule has 0 unspecified atom stereocenters. The molecule has 28 heavy (non-hydrogen) atoms. The summed E-state index contributed by atoms with van der Waals surface area (Å²) in [5, 5.41) is 3.07. The van der Waals surface area contributed by atoms with Crippen molar-refractivity contribution in [2.75, 3.05) is 19.9 Å². The van der Waals surface area contributed by atoms with Crippen LogP contribution in [-0.2, 0) is 17.8 Å². The molecule has 0 aromatic heterocycles. The maximum absolute atomic E-state index is 12.6. The summed E-state index contributed by atoms with van der Waals surface area (Å²) >= 11 is 0. The monoisotopic (exact) mass is 380 g/mol. The third kappa shape index (κ3) is 4.84. The molecule has 1 N–H and O–H groups in total. The largest absolute Gasteiger partial charge is 0.454 e. The first kappa shape index (κ1) is 18.8. The smallest absolute Gasteiger partial charge is 0.234 e. The van der Waals surface area contributed by atoms with Gasteiger partial charge in [0.2, 0.25) is 12.7 Å². The van der Waals surface area contributed by atoms with E-state index in [9.17, 15) is 4.79 Å². The van der Waals surface area contributed by atoms with Gasteiger partial charge >= 0.3 is 0 Å². The van der Waals surface area contributed by atoms with Crippen molar-refractivity contribution in [1.82, 2.24) is 10.2 Å². The van der Waals surface area contributed by atoms with Crippen LogP contribution in [0.25, 0.3) is 0 Å². The zero-order chi connectivity index (χ0) is 19.2. The van der Waals surface area contributed by atoms with Crippen molar-refractivity contribution in [1.29, 1.82) is 0 Å². The van der Waals surface area contributed by atoms with Crippen molar-refractivity contribution in [2.24, 2.45) is 0 Å². The molecule has 1 fully saturated rings. The quantitative estimate of drug-likeness (QED) is 0.761. The van der Waals surface area contributed by atoms with E-state index in [1.54, 1.807) is 0 Å². The molecule has 0 spiro atoms. The Balaban J connectivity index is 1.31. The number of hydrogen-bond acceptors (Lipinski definition) is 4. The molecular formula is C23H28N2O3. The third-order valence-corrected chi connectivity index (χ3v) is 5.64. The normalized spacial score (nSPS) is 15.9. The van der Waals surface area contributed by atoms with Gasteiger partial charge in [0.05, 0.1) is 6.54 Å². The first-order valence-electron chi connectivity index (χ1n) is 10.2. The highest BCUT2D eigenvalue weighted by Crippen LogP contribution is 2.32. The fraction of sp³-hybridized carbons (Fsp3) is 0.435. The number of nitrogens with one attached hydrogen (secondary N) is 1. The van der Waals surface area contributed by atoms with Crippen molar-refractivity contribution in [2.45, 2.75) is 44.7 Å². The van der Waals surface area contributed by atoms with Crippen LogP contribution in [0.3, 0.4) is 0 Å². The molecule has 0 atom stereocenters. The fourth-order valence-electron chi connectivity index (χ4n) is 4.07. The van der Waals surface area contributed by atoms with Crippen molar-refractivity contribution in [3.05, 3.63) is 59.7 Å². The van der Waals surface area contributed by atoms with Gasteiger partial charge in [0.1, 0.15) is 0 Å². The lowest BCUT2D eigenvalue weighted by Crippen LogP contribution is -2.42. The molecule has 1 heterocycles. The van der Waals surface area contributed by atoms with Crippen LogP contribution in [0.5, 0.6) is 11.5 Å². The van der Waals surface area contributed by atoms with E-state index in [2.05, 4.69) is 34.5 Å². The average molecular weight is 380 g/mol. The Hall–Kier alpha value is -2.53. The Kier molecular flexibility index (Phi) is 6.12. The average Bonchev–Trinajstić information content (AvgIpc) is 3.41. The fourth-order valence-corrected chi connectivity index (χ4v) is 4.07. The number of nitrogens with zero attached hydrogens (tertiary/aromatic N) is 1. The number of benzene rings is 2. The summed E-state index contributed by atoms with van der Waals surface area (Å²) in [5.41, 5.74) is 2.35. The minimum Gasteiger partial charge on any atom is -0.454 e. The number of carbonyl (C=O) groups excluding carboxylic acids is 1. The summed E-state index contributed by atoms with van der Waals surface area (Å²) in [5.74, 6) is 1.60. The van der Waals surface area contributed by atoms with Crippen molar-refractivity contribution >= 4 is 5.91 Å². The zero-order valence-electron chi connectivity index (χ0n) is 16.2. The highest BCUT2D eigenvalue weighted by molar-refractivity contribution is 5.78. The van der Waals surface area contributed by atoms with Crippen molar-refractivity contribution < 1.29 is 14.3 Å². The molecule has 2 aliphatic rings. The highest BCUT2D eigenvalue weighted by Gasteiger charge is 2.24. The predicted octanol–water partition coefficient (Wildman–Crippen LogP) is 3.52. The van der Waals surface area contributed by atoms with Crippen LogP contribution in [-0.4, -0.2) is 36.7 Å². The predicted molar refractivity (Wildman–Crippen MR) is 108 cm³/mol. The van der Waals surface area contributed by atoms with E-state index < -0.39 is 0 Å². The Morgan fingerprint density at radius 2 is 1.79 bits per heavy atom. The number of amides is 1. The minimum absolute atomic E-state index is 0.0811. The van der Waals surface area contributed by atoms with Crippen LogP contribution in [0.4, 0.5) is 0 Å². The maximum Gasteiger partial charge on any atom is 0.234 e. The topological polar surface area (TPSA) is 50.8 Å². The van der Waals surface area contributed by atoms with Gasteiger partial charge in [-0.05, 0) is 42.5 Å². The van der Waals surface area contributed by atoms with Crippen LogP contribution in [0, 0.1) is 0 Å². The van der Waals surface area contributed by atoms with Crippen LogP contribution in [0.1, 0.15) is 36.8 Å². The SMILES string of the molecule is O=C(CN(CCc1ccccc1)C1CCCC1)NCc1ccc2c(c1)OCO2. The van der Waals surface area contributed by atoms with E-state index >= 15 is 0 Å². The molecule has 5 heteroatoms. The van der Waals surface area contributed by atoms with E-state index in [0.29, 0.717) is 19.1 Å². The molecule has 1 amide bonds. The minimum atomic E-state index is 0.0811. The lowest BCUT2D eigenvalue weighted by Gasteiger charge is -2.28. The van der Waals surface area contributed by atoms with Gasteiger partial charge < -0.3 is 14.8 Å². The number of fused-ring (bicyclic) bond motifs is 1. The molecule has 1 saturated carbocycles. The highest BCUT2D eigenvalue weighted by atomic mass is 16.7. The van der Waals surface area contributed by atoms with E-state index in [4.69, 9.17) is 9.47 Å². The van der Waals surface area contributed by atoms with Gasteiger partial charge in [0.25, 0.3) is 0 Å². The molecule has 0 radical (unpaired) electrons. The van der Waals surface area contributed by atoms with Gasteiger partial charge in [0, 0.05) is 19.1 Å². The molecule has 0 saturated heterocycles. The molecular weight excluding hydrogens is 352 g/mol. The Morgan fingerprint density at radius 3 is 2.61 bits per heavy atom. The third-order valence-electron chi connectivity index (χ3n) is 5.64. The number of carbonyl (C=O) groups is 1. The van der Waals surface area contributed by atoms with Crippen molar-refractivity contribution in [3.63, 3.8) is 0 Å². The standard InChI is InChI=1S/C23H28N2O3/c26-23(24-15-19-10-11-21-22(14-19)28-17-27-21)16-25(20-8-4-5-9-20)13-12-18-6-2-1-3-7-18/h1-3,6-7,10-11,14,20H,4-5,8-9,12-13,15-17H2,(H,24,26). The molecule has 5 nitrogen and oxygen atoms in total. The van der Waals surface area contributed by atoms with Gasteiger partial charge in [-0.1, -0.05) is 49.2 Å². The second kappa shape index (κ2) is 9.11. The Bertz CT molecular complexity index is 788. The maximum atomic E-state index is 12.6. The summed E-state index contributed by atoms with van der Waals surface area (Å²) < 4.78 is 10.7. The first-order chi connectivity index (χ1) is 13.8. The summed E-state index contributed by atoms with van der Waals surface area (Å²) in [6.45, 7) is 2.16. The summed E-state index contributed by atoms with van der Waals surface area (Å²) in [6, 6.07) is 16.8. The van der Waals surface area contributed by atoms with Gasteiger partial charge in [-0.2, -0.15) is 0 Å². The van der Waals surface area contributed by atoms with Crippen LogP contribution < -0.4 is 14.8 Å². The Labute approximate surface area is 166 Å². The zero-order valence-corrected chi connectivity index (χ0v) is 16.2. The van der Waals surface area contributed by atoms with Gasteiger partial charge in [-0.3, -0.25) is 9.69 Å². The van der Waals surface area contributed by atoms with Crippen LogP contribution in [0.15, 0.2) is 48.5 Å². The molecule has 0 bridgehead atoms. The van der Waals surface area contributed by atoms with Crippen molar-refractivity contribution in [3.8, 4) is 11.5 Å². The molecule has 1 aliphatic heterocycles. The molecule has 1 aliphatic carbocycles.